The average Bonchev–Trinajstić information content (AvgIpc) is 2.56. The lowest BCUT2D eigenvalue weighted by molar-refractivity contribution is -0.122. The van der Waals surface area contributed by atoms with Gasteiger partial charge in [0.2, 0.25) is 5.91 Å². The van der Waals surface area contributed by atoms with E-state index in [1.54, 1.807) is 18.2 Å². The maximum absolute atomic E-state index is 12.4. The predicted molar refractivity (Wildman–Crippen MR) is 101 cm³/mol. The van der Waals surface area contributed by atoms with Crippen molar-refractivity contribution in [2.45, 2.75) is 13.3 Å². The summed E-state index contributed by atoms with van der Waals surface area (Å²) in [6.45, 7) is 1.74. The zero-order valence-corrected chi connectivity index (χ0v) is 15.2. The molecule has 0 fully saturated rings. The second-order valence-corrected chi connectivity index (χ2v) is 6.24. The van der Waals surface area contributed by atoms with Crippen LogP contribution in [0.5, 0.6) is 0 Å². The van der Waals surface area contributed by atoms with Crippen LogP contribution in [0.3, 0.4) is 0 Å². The van der Waals surface area contributed by atoms with Crippen molar-refractivity contribution >= 4 is 41.1 Å². The van der Waals surface area contributed by atoms with Crippen LogP contribution in [0.2, 0.25) is 10.0 Å². The van der Waals surface area contributed by atoms with E-state index in [9.17, 15) is 9.59 Å². The van der Waals surface area contributed by atoms with Crippen molar-refractivity contribution in [1.29, 1.82) is 0 Å². The molecule has 2 aromatic carbocycles. The molecular formula is C19H18Cl2N2O2. The summed E-state index contributed by atoms with van der Waals surface area (Å²) in [6, 6.07) is 14.5. The van der Waals surface area contributed by atoms with Crippen LogP contribution in [0.25, 0.3) is 6.08 Å². The van der Waals surface area contributed by atoms with Crippen molar-refractivity contribution in [3.8, 4) is 0 Å². The highest BCUT2D eigenvalue weighted by atomic mass is 35.5. The van der Waals surface area contributed by atoms with Crippen molar-refractivity contribution in [1.82, 2.24) is 10.6 Å². The monoisotopic (exact) mass is 376 g/mol. The molecule has 0 unspecified atom stereocenters. The van der Waals surface area contributed by atoms with E-state index in [0.717, 1.165) is 11.1 Å². The molecule has 0 aliphatic heterocycles. The number of rotatable bonds is 6. The van der Waals surface area contributed by atoms with Gasteiger partial charge in [0.15, 0.2) is 0 Å². The van der Waals surface area contributed by atoms with Gasteiger partial charge in [-0.3, -0.25) is 9.59 Å². The Morgan fingerprint density at radius 2 is 1.80 bits per heavy atom. The summed E-state index contributed by atoms with van der Waals surface area (Å²) in [5.74, 6) is -0.665. The summed E-state index contributed by atoms with van der Waals surface area (Å²) in [6.07, 6.45) is 2.19. The normalized spacial score (nSPS) is 11.1. The molecule has 0 aromatic heterocycles. The van der Waals surface area contributed by atoms with Crippen LogP contribution in [0.4, 0.5) is 0 Å². The largest absolute Gasteiger partial charge is 0.350 e. The molecule has 130 valence electrons. The van der Waals surface area contributed by atoms with Crippen molar-refractivity contribution in [3.05, 3.63) is 75.4 Å². The van der Waals surface area contributed by atoms with Crippen LogP contribution in [-0.2, 0) is 16.0 Å². The lowest BCUT2D eigenvalue weighted by atomic mass is 10.1. The van der Waals surface area contributed by atoms with Crippen LogP contribution in [0, 0.1) is 0 Å². The minimum absolute atomic E-state index is 0.195. The van der Waals surface area contributed by atoms with Gasteiger partial charge in [-0.2, -0.15) is 0 Å². The second-order valence-electron chi connectivity index (χ2n) is 5.39. The summed E-state index contributed by atoms with van der Waals surface area (Å²) >= 11 is 12.0. The van der Waals surface area contributed by atoms with Crippen LogP contribution in [0.1, 0.15) is 18.1 Å². The molecule has 0 bridgehead atoms. The fraction of sp³-hybridized carbons (Fsp3) is 0.158. The molecular weight excluding hydrogens is 359 g/mol. The smallest absolute Gasteiger partial charge is 0.267 e. The van der Waals surface area contributed by atoms with E-state index in [0.29, 0.717) is 23.0 Å². The molecule has 6 heteroatoms. The number of hydrogen-bond acceptors (Lipinski definition) is 2. The van der Waals surface area contributed by atoms with E-state index in [1.807, 2.05) is 36.4 Å². The second kappa shape index (κ2) is 9.25. The predicted octanol–water partition coefficient (Wildman–Crippen LogP) is 3.83. The van der Waals surface area contributed by atoms with E-state index in [2.05, 4.69) is 10.6 Å². The fourth-order valence-corrected chi connectivity index (χ4v) is 2.70. The minimum atomic E-state index is -0.357. The molecule has 0 spiro atoms. The molecule has 0 atom stereocenters. The van der Waals surface area contributed by atoms with E-state index in [-0.39, 0.29) is 17.5 Å². The van der Waals surface area contributed by atoms with Gasteiger partial charge in [0.05, 0.1) is 0 Å². The van der Waals surface area contributed by atoms with Gasteiger partial charge in [-0.15, -0.1) is 0 Å². The molecule has 4 nitrogen and oxygen atoms in total. The van der Waals surface area contributed by atoms with Gasteiger partial charge < -0.3 is 10.6 Å². The van der Waals surface area contributed by atoms with Gasteiger partial charge in [0.1, 0.15) is 5.70 Å². The van der Waals surface area contributed by atoms with E-state index in [1.165, 1.54) is 6.92 Å². The lowest BCUT2D eigenvalue weighted by Crippen LogP contribution is -2.34. The van der Waals surface area contributed by atoms with Gasteiger partial charge in [-0.05, 0) is 35.8 Å². The first kappa shape index (κ1) is 19.0. The standard InChI is InChI=1S/C19H18Cl2N2O2/c1-13(24)23-18(11-14-5-3-2-4-6-14)19(25)22-10-9-15-7-8-16(20)12-17(15)21/h2-8,11-12H,9-10H2,1H3,(H,22,25)(H,23,24)/b18-11-. The number of carbonyl (C=O) groups excluding carboxylic acids is 2. The van der Waals surface area contributed by atoms with E-state index >= 15 is 0 Å². The molecule has 0 radical (unpaired) electrons. The highest BCUT2D eigenvalue weighted by Crippen LogP contribution is 2.21. The number of benzene rings is 2. The molecule has 0 aliphatic carbocycles. The third-order valence-corrected chi connectivity index (χ3v) is 3.95. The van der Waals surface area contributed by atoms with Crippen molar-refractivity contribution in [2.24, 2.45) is 0 Å². The summed E-state index contributed by atoms with van der Waals surface area (Å²) < 4.78 is 0. The van der Waals surface area contributed by atoms with Gasteiger partial charge in [0.25, 0.3) is 5.91 Å². The molecule has 2 amide bonds. The van der Waals surface area contributed by atoms with Crippen molar-refractivity contribution in [3.63, 3.8) is 0 Å². The number of hydrogen-bond donors (Lipinski definition) is 2. The summed E-state index contributed by atoms with van der Waals surface area (Å²) in [5.41, 5.74) is 1.91. The number of amides is 2. The quantitative estimate of drug-likeness (QED) is 0.752. The lowest BCUT2D eigenvalue weighted by Gasteiger charge is -2.10. The van der Waals surface area contributed by atoms with Crippen molar-refractivity contribution < 1.29 is 9.59 Å². The highest BCUT2D eigenvalue weighted by Gasteiger charge is 2.11. The number of nitrogens with one attached hydrogen (secondary N) is 2. The molecule has 2 rings (SSSR count). The number of carbonyl (C=O) groups is 2. The molecule has 0 aliphatic rings. The molecule has 25 heavy (non-hydrogen) atoms. The Morgan fingerprint density at radius 3 is 2.44 bits per heavy atom. The van der Waals surface area contributed by atoms with Crippen LogP contribution < -0.4 is 10.6 Å². The maximum atomic E-state index is 12.4. The molecule has 2 N–H and O–H groups in total. The fourth-order valence-electron chi connectivity index (χ4n) is 2.19. The Kier molecular flexibility index (Phi) is 7.04. The SMILES string of the molecule is CC(=O)N/C(=C\c1ccccc1)C(=O)NCCc1ccc(Cl)cc1Cl. The topological polar surface area (TPSA) is 58.2 Å². The van der Waals surface area contributed by atoms with Crippen LogP contribution in [0.15, 0.2) is 54.2 Å². The zero-order chi connectivity index (χ0) is 18.2. The first-order valence-electron chi connectivity index (χ1n) is 7.72. The van der Waals surface area contributed by atoms with Gasteiger partial charge in [-0.25, -0.2) is 0 Å². The Balaban J connectivity index is 2.02. The van der Waals surface area contributed by atoms with Crippen LogP contribution in [-0.4, -0.2) is 18.4 Å². The van der Waals surface area contributed by atoms with Crippen LogP contribution >= 0.6 is 23.2 Å². The Hall–Kier alpha value is -2.30. The summed E-state index contributed by atoms with van der Waals surface area (Å²) in [5, 5.41) is 6.47. The van der Waals surface area contributed by atoms with Crippen molar-refractivity contribution in [2.75, 3.05) is 6.54 Å². The average molecular weight is 377 g/mol. The maximum Gasteiger partial charge on any atom is 0.267 e. The first-order valence-corrected chi connectivity index (χ1v) is 8.48. The zero-order valence-electron chi connectivity index (χ0n) is 13.7. The first-order chi connectivity index (χ1) is 12.0. The third kappa shape index (κ3) is 6.25. The molecule has 0 saturated carbocycles. The molecule has 0 heterocycles. The Labute approximate surface area is 156 Å². The van der Waals surface area contributed by atoms with Gasteiger partial charge >= 0.3 is 0 Å². The summed E-state index contributed by atoms with van der Waals surface area (Å²) in [4.78, 5) is 23.7. The van der Waals surface area contributed by atoms with Gasteiger partial charge in [-0.1, -0.05) is 59.6 Å². The Morgan fingerprint density at radius 1 is 1.08 bits per heavy atom. The van der Waals surface area contributed by atoms with E-state index in [4.69, 9.17) is 23.2 Å². The van der Waals surface area contributed by atoms with E-state index < -0.39 is 0 Å². The highest BCUT2D eigenvalue weighted by molar-refractivity contribution is 6.35. The molecule has 2 aromatic rings. The molecule has 0 saturated heterocycles. The third-order valence-electron chi connectivity index (χ3n) is 3.36. The number of halogens is 2. The Bertz CT molecular complexity index is 789. The summed E-state index contributed by atoms with van der Waals surface area (Å²) in [7, 11) is 0. The minimum Gasteiger partial charge on any atom is -0.350 e. The van der Waals surface area contributed by atoms with Gasteiger partial charge in [0, 0.05) is 23.5 Å².